The molecule has 2 N–H and O–H groups in total. The van der Waals surface area contributed by atoms with E-state index in [0.717, 1.165) is 0 Å². The summed E-state index contributed by atoms with van der Waals surface area (Å²) >= 11 is 0. The summed E-state index contributed by atoms with van der Waals surface area (Å²) in [5.41, 5.74) is 5.90. The second kappa shape index (κ2) is 5.83. The first kappa shape index (κ1) is 11.4. The summed E-state index contributed by atoms with van der Waals surface area (Å²) in [6, 6.07) is 0.469. The van der Waals surface area contributed by atoms with Gasteiger partial charge in [-0.1, -0.05) is 6.42 Å². The lowest BCUT2D eigenvalue weighted by atomic mass is 10.1. The van der Waals surface area contributed by atoms with Gasteiger partial charge in [0.15, 0.2) is 0 Å². The Morgan fingerprint density at radius 2 is 1.33 bits per heavy atom. The standard InChI is InChI=1S/C12H25N3/c13-12-4-8-15(9-5-12)11-10-14-6-2-1-3-7-14/h12H,1-11,13H2. The lowest BCUT2D eigenvalue weighted by Gasteiger charge is -2.33. The van der Waals surface area contributed by atoms with Crippen LogP contribution in [0.2, 0.25) is 0 Å². The first-order chi connectivity index (χ1) is 7.34. The molecule has 0 spiro atoms. The lowest BCUT2D eigenvalue weighted by molar-refractivity contribution is 0.160. The molecule has 0 radical (unpaired) electrons. The quantitative estimate of drug-likeness (QED) is 0.752. The molecule has 15 heavy (non-hydrogen) atoms. The van der Waals surface area contributed by atoms with Gasteiger partial charge in [-0.25, -0.2) is 0 Å². The van der Waals surface area contributed by atoms with Crippen molar-refractivity contribution < 1.29 is 0 Å². The van der Waals surface area contributed by atoms with E-state index in [9.17, 15) is 0 Å². The van der Waals surface area contributed by atoms with Gasteiger partial charge in [-0.3, -0.25) is 0 Å². The Hall–Kier alpha value is -0.120. The second-order valence-electron chi connectivity index (χ2n) is 5.08. The molecular formula is C12H25N3. The number of hydrogen-bond acceptors (Lipinski definition) is 3. The highest BCUT2D eigenvalue weighted by atomic mass is 15.2. The van der Waals surface area contributed by atoms with Crippen LogP contribution in [0.25, 0.3) is 0 Å². The van der Waals surface area contributed by atoms with Crippen LogP contribution in [0.15, 0.2) is 0 Å². The van der Waals surface area contributed by atoms with Crippen LogP contribution in [0.4, 0.5) is 0 Å². The van der Waals surface area contributed by atoms with Gasteiger partial charge in [-0.2, -0.15) is 0 Å². The van der Waals surface area contributed by atoms with Gasteiger partial charge in [0.1, 0.15) is 0 Å². The predicted molar refractivity (Wildman–Crippen MR) is 63.9 cm³/mol. The molecule has 2 rings (SSSR count). The van der Waals surface area contributed by atoms with Gasteiger partial charge in [0.25, 0.3) is 0 Å². The molecule has 2 saturated heterocycles. The molecule has 0 atom stereocenters. The normalized spacial score (nSPS) is 27.0. The van der Waals surface area contributed by atoms with Gasteiger partial charge >= 0.3 is 0 Å². The van der Waals surface area contributed by atoms with Crippen LogP contribution in [-0.4, -0.2) is 55.1 Å². The first-order valence-corrected chi connectivity index (χ1v) is 6.55. The molecule has 0 aliphatic carbocycles. The van der Waals surface area contributed by atoms with Crippen molar-refractivity contribution in [2.24, 2.45) is 5.73 Å². The van der Waals surface area contributed by atoms with E-state index in [1.165, 1.54) is 71.4 Å². The van der Waals surface area contributed by atoms with E-state index < -0.39 is 0 Å². The maximum Gasteiger partial charge on any atom is 0.0109 e. The van der Waals surface area contributed by atoms with Gasteiger partial charge in [0.2, 0.25) is 0 Å². The van der Waals surface area contributed by atoms with Crippen LogP contribution in [0.1, 0.15) is 32.1 Å². The van der Waals surface area contributed by atoms with E-state index in [1.807, 2.05) is 0 Å². The lowest BCUT2D eigenvalue weighted by Crippen LogP contribution is -2.43. The van der Waals surface area contributed by atoms with Gasteiger partial charge < -0.3 is 15.5 Å². The number of hydrogen-bond donors (Lipinski definition) is 1. The summed E-state index contributed by atoms with van der Waals surface area (Å²) in [6.45, 7) is 7.62. The summed E-state index contributed by atoms with van der Waals surface area (Å²) in [6.07, 6.45) is 6.64. The first-order valence-electron chi connectivity index (χ1n) is 6.55. The van der Waals surface area contributed by atoms with Crippen LogP contribution in [0, 0.1) is 0 Å². The van der Waals surface area contributed by atoms with Crippen molar-refractivity contribution in [1.82, 2.24) is 9.80 Å². The molecule has 0 unspecified atom stereocenters. The van der Waals surface area contributed by atoms with Crippen molar-refractivity contribution in [3.63, 3.8) is 0 Å². The molecule has 0 aromatic carbocycles. The maximum atomic E-state index is 5.90. The molecule has 2 aliphatic heterocycles. The van der Waals surface area contributed by atoms with E-state index in [2.05, 4.69) is 9.80 Å². The molecular weight excluding hydrogens is 186 g/mol. The summed E-state index contributed by atoms with van der Waals surface area (Å²) in [4.78, 5) is 5.20. The van der Waals surface area contributed by atoms with Gasteiger partial charge in [-0.15, -0.1) is 0 Å². The Bertz CT molecular complexity index is 170. The molecule has 0 bridgehead atoms. The van der Waals surface area contributed by atoms with Gasteiger partial charge in [0, 0.05) is 19.1 Å². The fourth-order valence-electron chi connectivity index (χ4n) is 2.64. The summed E-state index contributed by atoms with van der Waals surface area (Å²) in [5, 5.41) is 0. The van der Waals surface area contributed by atoms with Crippen molar-refractivity contribution in [2.75, 3.05) is 39.3 Å². The molecule has 2 heterocycles. The zero-order chi connectivity index (χ0) is 10.5. The molecule has 0 aromatic heterocycles. The Balaban J connectivity index is 1.60. The summed E-state index contributed by atoms with van der Waals surface area (Å²) in [7, 11) is 0. The minimum absolute atomic E-state index is 0.469. The smallest absolute Gasteiger partial charge is 0.0109 e. The number of likely N-dealkylation sites (tertiary alicyclic amines) is 2. The van der Waals surface area contributed by atoms with E-state index in [1.54, 1.807) is 0 Å². The Morgan fingerprint density at radius 3 is 1.93 bits per heavy atom. The minimum atomic E-state index is 0.469. The van der Waals surface area contributed by atoms with Crippen molar-refractivity contribution in [3.8, 4) is 0 Å². The highest BCUT2D eigenvalue weighted by Crippen LogP contribution is 2.10. The van der Waals surface area contributed by atoms with E-state index >= 15 is 0 Å². The molecule has 0 saturated carbocycles. The zero-order valence-corrected chi connectivity index (χ0v) is 9.83. The number of rotatable bonds is 3. The fraction of sp³-hybridized carbons (Fsp3) is 1.00. The summed E-state index contributed by atoms with van der Waals surface area (Å²) < 4.78 is 0. The molecule has 0 aromatic rings. The third kappa shape index (κ3) is 3.74. The zero-order valence-electron chi connectivity index (χ0n) is 9.83. The third-order valence-corrected chi connectivity index (χ3v) is 3.81. The van der Waals surface area contributed by atoms with E-state index in [0.29, 0.717) is 6.04 Å². The largest absolute Gasteiger partial charge is 0.328 e. The molecule has 2 fully saturated rings. The van der Waals surface area contributed by atoms with Crippen molar-refractivity contribution >= 4 is 0 Å². The molecule has 88 valence electrons. The molecule has 0 amide bonds. The van der Waals surface area contributed by atoms with Crippen LogP contribution >= 0.6 is 0 Å². The van der Waals surface area contributed by atoms with Crippen LogP contribution in [0.5, 0.6) is 0 Å². The van der Waals surface area contributed by atoms with Gasteiger partial charge in [0.05, 0.1) is 0 Å². The molecule has 3 nitrogen and oxygen atoms in total. The topological polar surface area (TPSA) is 32.5 Å². The number of nitrogens with zero attached hydrogens (tertiary/aromatic N) is 2. The maximum absolute atomic E-state index is 5.90. The van der Waals surface area contributed by atoms with Crippen LogP contribution in [-0.2, 0) is 0 Å². The van der Waals surface area contributed by atoms with E-state index in [4.69, 9.17) is 5.73 Å². The molecule has 3 heteroatoms. The van der Waals surface area contributed by atoms with Gasteiger partial charge in [-0.05, 0) is 51.9 Å². The average Bonchev–Trinajstić information content (AvgIpc) is 2.30. The van der Waals surface area contributed by atoms with Crippen molar-refractivity contribution in [3.05, 3.63) is 0 Å². The Labute approximate surface area is 93.6 Å². The molecule has 2 aliphatic rings. The highest BCUT2D eigenvalue weighted by molar-refractivity contribution is 4.75. The highest BCUT2D eigenvalue weighted by Gasteiger charge is 2.17. The summed E-state index contributed by atoms with van der Waals surface area (Å²) in [5.74, 6) is 0. The number of nitrogens with two attached hydrogens (primary N) is 1. The predicted octanol–water partition coefficient (Wildman–Crippen LogP) is 0.895. The monoisotopic (exact) mass is 211 g/mol. The SMILES string of the molecule is NC1CCN(CCN2CCCCC2)CC1. The average molecular weight is 211 g/mol. The van der Waals surface area contributed by atoms with Crippen molar-refractivity contribution in [1.29, 1.82) is 0 Å². The Morgan fingerprint density at radius 1 is 0.800 bits per heavy atom. The van der Waals surface area contributed by atoms with Crippen LogP contribution in [0.3, 0.4) is 0 Å². The number of piperidine rings is 2. The second-order valence-corrected chi connectivity index (χ2v) is 5.08. The fourth-order valence-corrected chi connectivity index (χ4v) is 2.64. The third-order valence-electron chi connectivity index (χ3n) is 3.81. The Kier molecular flexibility index (Phi) is 4.42. The van der Waals surface area contributed by atoms with Crippen LogP contribution < -0.4 is 5.73 Å². The minimum Gasteiger partial charge on any atom is -0.328 e. The van der Waals surface area contributed by atoms with E-state index in [-0.39, 0.29) is 0 Å². The van der Waals surface area contributed by atoms with Crippen molar-refractivity contribution in [2.45, 2.75) is 38.1 Å².